The van der Waals surface area contributed by atoms with Gasteiger partial charge in [0.25, 0.3) is 5.91 Å². The topological polar surface area (TPSA) is 60.0 Å². The fourth-order valence-electron chi connectivity index (χ4n) is 8.15. The molecular weight excluding hydrogens is 568 g/mol. The molecule has 5 unspecified atom stereocenters. The van der Waals surface area contributed by atoms with Crippen molar-refractivity contribution in [2.75, 3.05) is 37.8 Å². The second-order valence-corrected chi connectivity index (χ2v) is 15.0. The number of aryl methyl sites for hydroxylation is 1. The molecule has 5 aliphatic rings. The third-order valence-electron chi connectivity index (χ3n) is 10.8. The molecule has 6 nitrogen and oxygen atoms in total. The van der Waals surface area contributed by atoms with Crippen LogP contribution in [0.2, 0.25) is 5.02 Å². The normalized spacial score (nSPS) is 32.7. The van der Waals surface area contributed by atoms with Crippen LogP contribution in [-0.2, 0) is 21.3 Å². The number of fused-ring (bicyclic) bond motifs is 5. The number of nitrogens with zero attached hydrogens (tertiary/aromatic N) is 1. The smallest absolute Gasteiger partial charge is 0.261 e. The lowest BCUT2D eigenvalue weighted by molar-refractivity contribution is -0.232. The van der Waals surface area contributed by atoms with E-state index in [1.807, 2.05) is 18.2 Å². The molecule has 7 rings (SSSR count). The molecule has 2 bridgehead atoms. The first-order valence-electron chi connectivity index (χ1n) is 15.9. The Morgan fingerprint density at radius 1 is 1.02 bits per heavy atom. The largest absolute Gasteiger partial charge is 0.490 e. The van der Waals surface area contributed by atoms with Gasteiger partial charge in [-0.25, -0.2) is 0 Å². The van der Waals surface area contributed by atoms with Crippen molar-refractivity contribution in [2.45, 2.75) is 81.7 Å². The number of carbonyl (C=O) groups is 1. The summed E-state index contributed by atoms with van der Waals surface area (Å²) in [6.45, 7) is 8.22. The maximum atomic E-state index is 13.4. The average molecular weight is 611 g/mol. The van der Waals surface area contributed by atoms with Crippen LogP contribution in [0.4, 0.5) is 5.69 Å². The van der Waals surface area contributed by atoms with Crippen molar-refractivity contribution in [2.24, 2.45) is 17.8 Å². The van der Waals surface area contributed by atoms with E-state index in [0.717, 1.165) is 80.9 Å². The number of halogens is 1. The minimum absolute atomic E-state index is 0.0428. The molecule has 226 valence electrons. The lowest BCUT2D eigenvalue weighted by atomic mass is 9.66. The molecule has 1 amide bonds. The van der Waals surface area contributed by atoms with Gasteiger partial charge >= 0.3 is 0 Å². The SMILES string of the molecule is CC1CCCC2(OCCO2)C2CCC2CN2CC3(CCCc4cc(Cl)ccc43)COc3ccc(cc32)C(=O)NSC1C. The minimum atomic E-state index is -0.469. The Morgan fingerprint density at radius 2 is 1.88 bits per heavy atom. The first kappa shape index (κ1) is 28.8. The van der Waals surface area contributed by atoms with E-state index in [-0.39, 0.29) is 11.3 Å². The van der Waals surface area contributed by atoms with E-state index in [1.54, 1.807) is 0 Å². The molecule has 0 radical (unpaired) electrons. The van der Waals surface area contributed by atoms with Crippen LogP contribution < -0.4 is 14.4 Å². The summed E-state index contributed by atoms with van der Waals surface area (Å²) in [5, 5.41) is 1.10. The molecule has 8 heteroatoms. The summed E-state index contributed by atoms with van der Waals surface area (Å²) in [7, 11) is 0. The second kappa shape index (κ2) is 11.5. The van der Waals surface area contributed by atoms with Crippen molar-refractivity contribution in [3.63, 3.8) is 0 Å². The van der Waals surface area contributed by atoms with Crippen molar-refractivity contribution >= 4 is 35.1 Å². The number of anilines is 1. The molecule has 1 saturated carbocycles. The Balaban J connectivity index is 1.28. The molecule has 2 aromatic carbocycles. The van der Waals surface area contributed by atoms with Crippen LogP contribution in [0.3, 0.4) is 0 Å². The van der Waals surface area contributed by atoms with Gasteiger partial charge in [-0.2, -0.15) is 0 Å². The van der Waals surface area contributed by atoms with Crippen LogP contribution in [-0.4, -0.2) is 49.9 Å². The van der Waals surface area contributed by atoms with E-state index < -0.39 is 5.79 Å². The zero-order chi connectivity index (χ0) is 28.9. The highest BCUT2D eigenvalue weighted by molar-refractivity contribution is 7.98. The van der Waals surface area contributed by atoms with Crippen molar-refractivity contribution in [1.82, 2.24) is 4.72 Å². The summed E-state index contributed by atoms with van der Waals surface area (Å²) in [5.74, 6) is 1.65. The molecule has 0 aromatic heterocycles. The fraction of sp³-hybridized carbons (Fsp3) is 0.618. The van der Waals surface area contributed by atoms with Crippen LogP contribution >= 0.6 is 23.5 Å². The van der Waals surface area contributed by atoms with Crippen LogP contribution in [0, 0.1) is 17.8 Å². The number of nitrogens with one attached hydrogen (secondary N) is 1. The van der Waals surface area contributed by atoms with Gasteiger partial charge in [-0.3, -0.25) is 9.52 Å². The van der Waals surface area contributed by atoms with Gasteiger partial charge in [-0.15, -0.1) is 0 Å². The number of ether oxygens (including phenoxy) is 3. The van der Waals surface area contributed by atoms with Crippen LogP contribution in [0.25, 0.3) is 0 Å². The van der Waals surface area contributed by atoms with Gasteiger partial charge in [-0.1, -0.05) is 31.5 Å². The summed E-state index contributed by atoms with van der Waals surface area (Å²) in [6, 6.07) is 12.4. The Labute approximate surface area is 259 Å². The second-order valence-electron chi connectivity index (χ2n) is 13.4. The van der Waals surface area contributed by atoms with Crippen LogP contribution in [0.1, 0.15) is 80.3 Å². The van der Waals surface area contributed by atoms with Gasteiger partial charge in [0, 0.05) is 46.7 Å². The lowest BCUT2D eigenvalue weighted by Gasteiger charge is -2.49. The standard InChI is InChI=1S/C34H43ClN2O4S/c1-22-5-3-14-34(40-15-16-41-34)29-10-7-26(29)19-37-20-33(13-4-6-24-17-27(35)9-11-28(24)33)21-39-31-12-8-25(18-30(31)37)32(38)36-42-23(22)2/h8-9,11-12,17-18,22-23,26,29H,3-7,10,13-16,19-21H2,1-2H3,(H,36,38). The summed E-state index contributed by atoms with van der Waals surface area (Å²) < 4.78 is 22.8. The van der Waals surface area contributed by atoms with E-state index >= 15 is 0 Å². The monoisotopic (exact) mass is 610 g/mol. The van der Waals surface area contributed by atoms with Gasteiger partial charge in [0.2, 0.25) is 0 Å². The van der Waals surface area contributed by atoms with E-state index in [0.29, 0.717) is 48.4 Å². The molecule has 3 aliphatic heterocycles. The number of amides is 1. The molecule has 2 aliphatic carbocycles. The molecule has 42 heavy (non-hydrogen) atoms. The zero-order valence-corrected chi connectivity index (χ0v) is 26.4. The Hall–Kier alpha value is -1.93. The molecule has 3 heterocycles. The number of benzene rings is 2. The third kappa shape index (κ3) is 5.22. The zero-order valence-electron chi connectivity index (χ0n) is 24.8. The van der Waals surface area contributed by atoms with Gasteiger partial charge in [0.15, 0.2) is 5.79 Å². The number of hydrogen-bond donors (Lipinski definition) is 1. The summed E-state index contributed by atoms with van der Waals surface area (Å²) in [4.78, 5) is 15.9. The highest BCUT2D eigenvalue weighted by Gasteiger charge is 2.52. The van der Waals surface area contributed by atoms with Crippen molar-refractivity contribution < 1.29 is 19.0 Å². The highest BCUT2D eigenvalue weighted by atomic mass is 35.5. The molecule has 1 saturated heterocycles. The number of carbonyl (C=O) groups excluding carboxylic acids is 1. The maximum Gasteiger partial charge on any atom is 0.261 e. The van der Waals surface area contributed by atoms with E-state index in [1.165, 1.54) is 23.1 Å². The number of rotatable bonds is 0. The van der Waals surface area contributed by atoms with E-state index in [4.69, 9.17) is 25.8 Å². The Bertz CT molecular complexity index is 1330. The summed E-state index contributed by atoms with van der Waals surface area (Å²) in [5.41, 5.74) is 4.26. The van der Waals surface area contributed by atoms with Crippen molar-refractivity contribution in [3.05, 3.63) is 58.1 Å². The molecule has 2 fully saturated rings. The predicted octanol–water partition coefficient (Wildman–Crippen LogP) is 7.17. The van der Waals surface area contributed by atoms with Gasteiger partial charge < -0.3 is 19.1 Å². The lowest BCUT2D eigenvalue weighted by Crippen LogP contribution is -2.53. The Morgan fingerprint density at radius 3 is 2.69 bits per heavy atom. The quantitative estimate of drug-likeness (QED) is 0.319. The van der Waals surface area contributed by atoms with Gasteiger partial charge in [-0.05, 0) is 110 Å². The maximum absolute atomic E-state index is 13.4. The summed E-state index contributed by atoms with van der Waals surface area (Å²) in [6.07, 6.45) is 8.61. The van der Waals surface area contributed by atoms with E-state index in [9.17, 15) is 4.79 Å². The minimum Gasteiger partial charge on any atom is -0.490 e. The van der Waals surface area contributed by atoms with Gasteiger partial charge in [0.05, 0.1) is 25.5 Å². The predicted molar refractivity (Wildman–Crippen MR) is 169 cm³/mol. The Kier molecular flexibility index (Phi) is 7.91. The van der Waals surface area contributed by atoms with Crippen molar-refractivity contribution in [3.8, 4) is 5.75 Å². The summed E-state index contributed by atoms with van der Waals surface area (Å²) >= 11 is 7.99. The third-order valence-corrected chi connectivity index (χ3v) is 12.2. The fourth-order valence-corrected chi connectivity index (χ4v) is 9.12. The van der Waals surface area contributed by atoms with Crippen molar-refractivity contribution in [1.29, 1.82) is 0 Å². The average Bonchev–Trinajstić information content (AvgIpc) is 3.38. The van der Waals surface area contributed by atoms with Gasteiger partial charge in [0.1, 0.15) is 5.75 Å². The van der Waals surface area contributed by atoms with Crippen LogP contribution in [0.5, 0.6) is 5.75 Å². The molecular formula is C34H43ClN2O4S. The molecule has 1 N–H and O–H groups in total. The molecule has 2 aromatic rings. The molecule has 5 atom stereocenters. The molecule has 2 spiro atoms. The number of hydrogen-bond acceptors (Lipinski definition) is 6. The van der Waals surface area contributed by atoms with Crippen LogP contribution in [0.15, 0.2) is 36.4 Å². The highest BCUT2D eigenvalue weighted by Crippen LogP contribution is 2.51. The first-order chi connectivity index (χ1) is 20.4. The van der Waals surface area contributed by atoms with E-state index in [2.05, 4.69) is 41.7 Å². The first-order valence-corrected chi connectivity index (χ1v) is 17.2.